The van der Waals surface area contributed by atoms with E-state index in [1.54, 1.807) is 81.4 Å². The number of ether oxygens (including phenoxy) is 3. The van der Waals surface area contributed by atoms with Gasteiger partial charge in [-0.2, -0.15) is 10.2 Å². The molecule has 16 nitrogen and oxygen atoms in total. The summed E-state index contributed by atoms with van der Waals surface area (Å²) >= 11 is 12.5. The summed E-state index contributed by atoms with van der Waals surface area (Å²) < 4.78 is 18.5. The molecule has 0 spiro atoms. The van der Waals surface area contributed by atoms with Crippen LogP contribution in [0.3, 0.4) is 0 Å². The first-order valence-corrected chi connectivity index (χ1v) is 20.4. The Balaban J connectivity index is 0.000000188. The minimum atomic E-state index is -1.14. The van der Waals surface area contributed by atoms with Crippen molar-refractivity contribution in [3.05, 3.63) is 127 Å². The number of halogens is 2. The lowest BCUT2D eigenvalue weighted by molar-refractivity contribution is -0.155. The van der Waals surface area contributed by atoms with Crippen molar-refractivity contribution in [1.82, 2.24) is 39.5 Å². The number of imidazole rings is 2. The molecule has 3 N–H and O–H groups in total. The summed E-state index contributed by atoms with van der Waals surface area (Å²) in [6, 6.07) is 21.2. The van der Waals surface area contributed by atoms with E-state index in [1.165, 1.54) is 0 Å². The molecule has 4 aromatic carbocycles. The summed E-state index contributed by atoms with van der Waals surface area (Å²) in [5.41, 5.74) is 2.64. The van der Waals surface area contributed by atoms with Gasteiger partial charge in [-0.05, 0) is 58.9 Å². The highest BCUT2D eigenvalue weighted by Gasteiger charge is 2.20. The monoisotopic (exact) mass is 880 g/mol. The third kappa shape index (κ3) is 9.72. The fourth-order valence-corrected chi connectivity index (χ4v) is 7.29. The highest BCUT2D eigenvalue weighted by Crippen LogP contribution is 2.31. The van der Waals surface area contributed by atoms with Gasteiger partial charge in [0.05, 0.1) is 80.3 Å². The van der Waals surface area contributed by atoms with Crippen LogP contribution in [0.4, 0.5) is 0 Å². The SMILES string of the molecule is CCOc1cc2nc(Cc3nn(CC(=O)O)c(=O)c4ccccc34)[nH]c2cc1Cl.CCOc1cc2nc(Cc3nn(CC(=O)OC(C)(C)C)c(=O)c4ccccc34)[nH]c2cc1Cl. The Hall–Kier alpha value is -6.78. The first-order valence-electron chi connectivity index (χ1n) is 19.6. The molecule has 0 saturated heterocycles. The number of rotatable bonds is 12. The average molecular weight is 882 g/mol. The Morgan fingerprint density at radius 1 is 0.677 bits per heavy atom. The number of fused-ring (bicyclic) bond motifs is 4. The van der Waals surface area contributed by atoms with Gasteiger partial charge in [-0.25, -0.2) is 19.3 Å². The molecule has 0 fully saturated rings. The maximum atomic E-state index is 13.0. The third-order valence-electron chi connectivity index (χ3n) is 9.31. The predicted molar refractivity (Wildman–Crippen MR) is 236 cm³/mol. The number of nitrogens with one attached hydrogen (secondary N) is 2. The smallest absolute Gasteiger partial charge is 0.328 e. The van der Waals surface area contributed by atoms with E-state index in [9.17, 15) is 19.2 Å². The fraction of sp³-hybridized carbons (Fsp3) is 0.273. The lowest BCUT2D eigenvalue weighted by atomic mass is 10.1. The van der Waals surface area contributed by atoms with Crippen LogP contribution < -0.4 is 20.6 Å². The van der Waals surface area contributed by atoms with E-state index < -0.39 is 29.6 Å². The van der Waals surface area contributed by atoms with Gasteiger partial charge in [-0.1, -0.05) is 59.6 Å². The molecule has 0 unspecified atom stereocenters. The molecule has 8 aromatic rings. The van der Waals surface area contributed by atoms with Gasteiger partial charge in [0.1, 0.15) is 41.8 Å². The molecular formula is C44H42Cl2N8O8. The number of aliphatic carboxylic acids is 1. The van der Waals surface area contributed by atoms with Crippen molar-refractivity contribution in [3.8, 4) is 11.5 Å². The zero-order valence-corrected chi connectivity index (χ0v) is 35.9. The highest BCUT2D eigenvalue weighted by atomic mass is 35.5. The Morgan fingerprint density at radius 2 is 1.10 bits per heavy atom. The zero-order chi connectivity index (χ0) is 44.3. The molecule has 0 bridgehead atoms. The Labute approximate surface area is 363 Å². The molecule has 4 heterocycles. The van der Waals surface area contributed by atoms with Crippen LogP contribution in [0.2, 0.25) is 10.0 Å². The van der Waals surface area contributed by atoms with E-state index in [-0.39, 0.29) is 18.5 Å². The summed E-state index contributed by atoms with van der Waals surface area (Å²) in [4.78, 5) is 64.6. The fourth-order valence-electron chi connectivity index (χ4n) is 6.86. The molecule has 0 amide bonds. The molecule has 0 aliphatic carbocycles. The Morgan fingerprint density at radius 3 is 1.50 bits per heavy atom. The minimum absolute atomic E-state index is 0.276. The molecular weight excluding hydrogens is 839 g/mol. The van der Waals surface area contributed by atoms with Crippen LogP contribution in [-0.2, 0) is 40.3 Å². The lowest BCUT2D eigenvalue weighted by Gasteiger charge is -2.19. The molecule has 0 aliphatic heterocycles. The second-order valence-electron chi connectivity index (χ2n) is 15.1. The van der Waals surface area contributed by atoms with E-state index in [0.717, 1.165) is 20.4 Å². The first kappa shape index (κ1) is 43.3. The summed E-state index contributed by atoms with van der Waals surface area (Å²) in [6.45, 7) is 9.29. The van der Waals surface area contributed by atoms with Gasteiger partial charge in [-0.3, -0.25) is 19.2 Å². The van der Waals surface area contributed by atoms with Gasteiger partial charge in [0.15, 0.2) is 0 Å². The lowest BCUT2D eigenvalue weighted by Crippen LogP contribution is -2.32. The topological polar surface area (TPSA) is 209 Å². The standard InChI is InChI=1S/C24H25ClN4O4.C20H17ClN4O4/c1-5-32-20-11-19-18(10-16(20)25)26-21(27-19)12-17-14-8-6-7-9-15(14)23(31)29(28-17)13-22(30)33-24(2,3)4;1-2-29-17-8-16-15(7-13(17)21)22-18(23-16)9-14-11-5-3-4-6-12(11)20(28)25(24-14)10-19(26)27/h6-11H,5,12-13H2,1-4H3,(H,26,27);3-8H,2,9-10H2,1H3,(H,22,23)(H,26,27). The summed E-state index contributed by atoms with van der Waals surface area (Å²) in [6.07, 6.45) is 0.613. The number of aromatic nitrogens is 8. The number of carbonyl (C=O) groups excluding carboxylic acids is 1. The number of hydrogen-bond acceptors (Lipinski definition) is 11. The number of carbonyl (C=O) groups is 2. The Kier molecular flexibility index (Phi) is 12.6. The van der Waals surface area contributed by atoms with Gasteiger partial charge < -0.3 is 29.3 Å². The van der Waals surface area contributed by atoms with Gasteiger partial charge in [-0.15, -0.1) is 0 Å². The largest absolute Gasteiger partial charge is 0.492 e. The van der Waals surface area contributed by atoms with Gasteiger partial charge in [0.25, 0.3) is 11.1 Å². The number of hydrogen-bond donors (Lipinski definition) is 3. The average Bonchev–Trinajstić information content (AvgIpc) is 3.79. The van der Waals surface area contributed by atoms with Gasteiger partial charge in [0, 0.05) is 22.9 Å². The maximum Gasteiger partial charge on any atom is 0.328 e. The molecule has 8 rings (SSSR count). The summed E-state index contributed by atoms with van der Waals surface area (Å²) in [5, 5.41) is 21.1. The van der Waals surface area contributed by atoms with Crippen LogP contribution in [-0.4, -0.2) is 75.4 Å². The number of carboxylic acids is 1. The van der Waals surface area contributed by atoms with E-state index in [1.807, 2.05) is 26.0 Å². The van der Waals surface area contributed by atoms with Gasteiger partial charge >= 0.3 is 11.9 Å². The Bertz CT molecular complexity index is 3110. The predicted octanol–water partition coefficient (Wildman–Crippen LogP) is 7.26. The molecule has 320 valence electrons. The number of esters is 1. The van der Waals surface area contributed by atoms with Crippen molar-refractivity contribution in [2.75, 3.05) is 13.2 Å². The van der Waals surface area contributed by atoms with Crippen molar-refractivity contribution < 1.29 is 28.9 Å². The van der Waals surface area contributed by atoms with Crippen molar-refractivity contribution in [2.24, 2.45) is 0 Å². The number of nitrogens with zero attached hydrogens (tertiary/aromatic N) is 6. The maximum absolute atomic E-state index is 13.0. The van der Waals surface area contributed by atoms with Crippen LogP contribution in [0.15, 0.2) is 82.4 Å². The number of carboxylic acid groups (broad SMARTS) is 1. The molecule has 0 saturated carbocycles. The quantitative estimate of drug-likeness (QED) is 0.104. The highest BCUT2D eigenvalue weighted by molar-refractivity contribution is 6.33. The molecule has 0 atom stereocenters. The number of aromatic amines is 2. The molecule has 62 heavy (non-hydrogen) atoms. The van der Waals surface area contributed by atoms with Crippen LogP contribution in [0.1, 0.15) is 57.7 Å². The number of benzene rings is 4. The van der Waals surface area contributed by atoms with Crippen molar-refractivity contribution >= 4 is 78.8 Å². The van der Waals surface area contributed by atoms with E-state index in [2.05, 4.69) is 30.1 Å². The second kappa shape index (κ2) is 18.1. The van der Waals surface area contributed by atoms with Crippen LogP contribution in [0.5, 0.6) is 11.5 Å². The molecule has 18 heteroatoms. The van der Waals surface area contributed by atoms with Gasteiger partial charge in [0.2, 0.25) is 0 Å². The molecule has 0 radical (unpaired) electrons. The molecule has 0 aliphatic rings. The van der Waals surface area contributed by atoms with Crippen LogP contribution >= 0.6 is 23.2 Å². The van der Waals surface area contributed by atoms with E-state index in [4.69, 9.17) is 42.5 Å². The minimum Gasteiger partial charge on any atom is -0.492 e. The molecule has 4 aromatic heterocycles. The van der Waals surface area contributed by atoms with Crippen LogP contribution in [0.25, 0.3) is 43.6 Å². The van der Waals surface area contributed by atoms with E-state index >= 15 is 0 Å². The second-order valence-corrected chi connectivity index (χ2v) is 15.9. The number of H-pyrrole nitrogens is 2. The normalized spacial score (nSPS) is 11.5. The zero-order valence-electron chi connectivity index (χ0n) is 34.4. The van der Waals surface area contributed by atoms with Crippen molar-refractivity contribution in [1.29, 1.82) is 0 Å². The van der Waals surface area contributed by atoms with Crippen LogP contribution in [0, 0.1) is 0 Å². The third-order valence-corrected chi connectivity index (χ3v) is 9.90. The van der Waals surface area contributed by atoms with Crippen molar-refractivity contribution in [2.45, 2.75) is 66.2 Å². The van der Waals surface area contributed by atoms with E-state index in [0.29, 0.717) is 96.8 Å². The van der Waals surface area contributed by atoms with Crippen molar-refractivity contribution in [3.63, 3.8) is 0 Å². The summed E-state index contributed by atoms with van der Waals surface area (Å²) in [5.74, 6) is 0.720. The first-order chi connectivity index (χ1) is 29.6. The summed E-state index contributed by atoms with van der Waals surface area (Å²) in [7, 11) is 0.